The molecule has 138 valence electrons. The average molecular weight is 345 g/mol. The molecule has 2 N–H and O–H groups in total. The van der Waals surface area contributed by atoms with Crippen molar-refractivity contribution in [2.45, 2.75) is 52.2 Å². The Labute approximate surface area is 151 Å². The van der Waals surface area contributed by atoms with E-state index < -0.39 is 0 Å². The molecule has 1 aromatic carbocycles. The van der Waals surface area contributed by atoms with E-state index in [0.717, 1.165) is 62.3 Å². The van der Waals surface area contributed by atoms with Crippen LogP contribution in [0.15, 0.2) is 23.2 Å². The van der Waals surface area contributed by atoms with Crippen molar-refractivity contribution in [3.63, 3.8) is 0 Å². The number of guanidine groups is 1. The van der Waals surface area contributed by atoms with Crippen molar-refractivity contribution in [1.82, 2.24) is 10.6 Å². The van der Waals surface area contributed by atoms with Crippen molar-refractivity contribution in [2.24, 2.45) is 10.9 Å². The maximum Gasteiger partial charge on any atom is 0.191 e. The van der Waals surface area contributed by atoms with Gasteiger partial charge in [0.1, 0.15) is 5.75 Å². The normalized spacial score (nSPS) is 20.6. The van der Waals surface area contributed by atoms with Gasteiger partial charge in [0, 0.05) is 25.3 Å². The van der Waals surface area contributed by atoms with Crippen LogP contribution in [0.25, 0.3) is 0 Å². The molecular weight excluding hydrogens is 314 g/mol. The van der Waals surface area contributed by atoms with Gasteiger partial charge in [-0.25, -0.2) is 4.99 Å². The van der Waals surface area contributed by atoms with Gasteiger partial charge in [0.2, 0.25) is 0 Å². The molecule has 0 radical (unpaired) electrons. The van der Waals surface area contributed by atoms with Crippen LogP contribution in [0.5, 0.6) is 5.75 Å². The fourth-order valence-corrected chi connectivity index (χ4v) is 2.94. The molecule has 1 heterocycles. The van der Waals surface area contributed by atoms with E-state index in [-0.39, 0.29) is 0 Å². The van der Waals surface area contributed by atoms with E-state index in [1.807, 2.05) is 0 Å². The topological polar surface area (TPSA) is 54.9 Å². The summed E-state index contributed by atoms with van der Waals surface area (Å²) in [5.41, 5.74) is 2.36. The first-order valence-corrected chi connectivity index (χ1v) is 9.60. The second kappa shape index (κ2) is 9.09. The van der Waals surface area contributed by atoms with Gasteiger partial charge in [-0.15, -0.1) is 0 Å². The van der Waals surface area contributed by atoms with Crippen LogP contribution in [-0.2, 0) is 11.3 Å². The van der Waals surface area contributed by atoms with E-state index in [4.69, 9.17) is 14.5 Å². The largest absolute Gasteiger partial charge is 0.493 e. The number of aliphatic imine (C=N–C) groups is 1. The zero-order chi connectivity index (χ0) is 17.5. The minimum atomic E-state index is 0.306. The first-order chi connectivity index (χ1) is 12.2. The third-order valence-corrected chi connectivity index (χ3v) is 4.67. The van der Waals surface area contributed by atoms with Crippen molar-refractivity contribution in [1.29, 1.82) is 0 Å². The van der Waals surface area contributed by atoms with Crippen LogP contribution in [0.2, 0.25) is 0 Å². The second-order valence-corrected chi connectivity index (χ2v) is 7.08. The van der Waals surface area contributed by atoms with Crippen LogP contribution >= 0.6 is 0 Å². The highest BCUT2D eigenvalue weighted by molar-refractivity contribution is 5.79. The molecule has 1 aliphatic carbocycles. The first kappa shape index (κ1) is 18.1. The zero-order valence-corrected chi connectivity index (χ0v) is 15.5. The van der Waals surface area contributed by atoms with Gasteiger partial charge in [-0.05, 0) is 57.1 Å². The highest BCUT2D eigenvalue weighted by atomic mass is 16.5. The Morgan fingerprint density at radius 2 is 2.16 bits per heavy atom. The average Bonchev–Trinajstić information content (AvgIpc) is 3.30. The monoisotopic (exact) mass is 345 g/mol. The number of rotatable bonds is 8. The molecular formula is C20H31N3O2. The van der Waals surface area contributed by atoms with Crippen LogP contribution < -0.4 is 15.4 Å². The first-order valence-electron chi connectivity index (χ1n) is 9.60. The van der Waals surface area contributed by atoms with Crippen molar-refractivity contribution in [3.05, 3.63) is 29.3 Å². The van der Waals surface area contributed by atoms with Gasteiger partial charge >= 0.3 is 0 Å². The van der Waals surface area contributed by atoms with Crippen LogP contribution in [-0.4, -0.2) is 38.4 Å². The minimum absolute atomic E-state index is 0.306. The molecule has 0 amide bonds. The van der Waals surface area contributed by atoms with Crippen molar-refractivity contribution >= 4 is 5.96 Å². The molecule has 1 unspecified atom stereocenters. The van der Waals surface area contributed by atoms with E-state index in [9.17, 15) is 0 Å². The number of nitrogens with zero attached hydrogens (tertiary/aromatic N) is 1. The summed E-state index contributed by atoms with van der Waals surface area (Å²) in [5.74, 6) is 2.57. The summed E-state index contributed by atoms with van der Waals surface area (Å²) >= 11 is 0. The molecule has 0 bridgehead atoms. The Morgan fingerprint density at radius 3 is 2.88 bits per heavy atom. The predicted octanol–water partition coefficient (Wildman–Crippen LogP) is 3.02. The quantitative estimate of drug-likeness (QED) is 0.562. The lowest BCUT2D eigenvalue weighted by Gasteiger charge is -2.15. The van der Waals surface area contributed by atoms with E-state index in [1.54, 1.807) is 0 Å². The van der Waals surface area contributed by atoms with E-state index in [1.165, 1.54) is 18.4 Å². The SMILES string of the molecule is CCNC(=NCc1ccc(C)cc1OCC1CC1)NCC1CCCO1. The lowest BCUT2D eigenvalue weighted by atomic mass is 10.1. The number of nitrogens with one attached hydrogen (secondary N) is 2. The van der Waals surface area contributed by atoms with Gasteiger partial charge in [-0.2, -0.15) is 0 Å². The van der Waals surface area contributed by atoms with Crippen LogP contribution in [0.1, 0.15) is 43.7 Å². The van der Waals surface area contributed by atoms with Gasteiger partial charge in [-0.1, -0.05) is 12.1 Å². The number of aryl methyl sites for hydroxylation is 1. The second-order valence-electron chi connectivity index (χ2n) is 7.08. The van der Waals surface area contributed by atoms with E-state index >= 15 is 0 Å². The number of hydrogen-bond acceptors (Lipinski definition) is 3. The molecule has 2 aliphatic rings. The molecule has 1 atom stereocenters. The Balaban J connectivity index is 1.59. The van der Waals surface area contributed by atoms with Gasteiger partial charge < -0.3 is 20.1 Å². The third-order valence-electron chi connectivity index (χ3n) is 4.67. The molecule has 5 heteroatoms. The van der Waals surface area contributed by atoms with Crippen LogP contribution in [0.3, 0.4) is 0 Å². The Bertz CT molecular complexity index is 578. The standard InChI is InChI=1S/C20H31N3O2/c1-3-21-20(23-13-18-5-4-10-24-18)22-12-17-9-6-15(2)11-19(17)25-14-16-7-8-16/h6,9,11,16,18H,3-5,7-8,10,12-14H2,1-2H3,(H2,21,22,23). The van der Waals surface area contributed by atoms with Gasteiger partial charge in [0.05, 0.1) is 19.3 Å². The molecule has 1 aromatic rings. The van der Waals surface area contributed by atoms with Gasteiger partial charge in [0.25, 0.3) is 0 Å². The summed E-state index contributed by atoms with van der Waals surface area (Å²) in [6.07, 6.45) is 5.20. The molecule has 1 saturated carbocycles. The van der Waals surface area contributed by atoms with Crippen molar-refractivity contribution in [2.75, 3.05) is 26.3 Å². The summed E-state index contributed by atoms with van der Waals surface area (Å²) in [6.45, 7) is 8.16. The summed E-state index contributed by atoms with van der Waals surface area (Å²) in [4.78, 5) is 4.74. The van der Waals surface area contributed by atoms with Crippen LogP contribution in [0.4, 0.5) is 0 Å². The van der Waals surface area contributed by atoms with Crippen molar-refractivity contribution in [3.8, 4) is 5.75 Å². The number of hydrogen-bond donors (Lipinski definition) is 2. The predicted molar refractivity (Wildman–Crippen MR) is 101 cm³/mol. The lowest BCUT2D eigenvalue weighted by Crippen LogP contribution is -2.41. The zero-order valence-electron chi connectivity index (χ0n) is 15.5. The number of benzene rings is 1. The molecule has 2 fully saturated rings. The Kier molecular flexibility index (Phi) is 6.56. The highest BCUT2D eigenvalue weighted by Gasteiger charge is 2.22. The molecule has 1 saturated heterocycles. The Morgan fingerprint density at radius 1 is 1.28 bits per heavy atom. The summed E-state index contributed by atoms with van der Waals surface area (Å²) < 4.78 is 11.7. The fourth-order valence-electron chi connectivity index (χ4n) is 2.94. The Hall–Kier alpha value is -1.75. The smallest absolute Gasteiger partial charge is 0.191 e. The molecule has 3 rings (SSSR count). The van der Waals surface area contributed by atoms with Crippen molar-refractivity contribution < 1.29 is 9.47 Å². The van der Waals surface area contributed by atoms with E-state index in [0.29, 0.717) is 12.6 Å². The molecule has 25 heavy (non-hydrogen) atoms. The maximum atomic E-state index is 6.05. The lowest BCUT2D eigenvalue weighted by molar-refractivity contribution is 0.114. The van der Waals surface area contributed by atoms with E-state index in [2.05, 4.69) is 42.7 Å². The number of ether oxygens (including phenoxy) is 2. The third kappa shape index (κ3) is 5.92. The molecule has 0 aromatic heterocycles. The summed E-state index contributed by atoms with van der Waals surface area (Å²) in [5, 5.41) is 6.71. The molecule has 1 aliphatic heterocycles. The maximum absolute atomic E-state index is 6.05. The molecule has 0 spiro atoms. The summed E-state index contributed by atoms with van der Waals surface area (Å²) in [7, 11) is 0. The summed E-state index contributed by atoms with van der Waals surface area (Å²) in [6, 6.07) is 6.38. The highest BCUT2D eigenvalue weighted by Crippen LogP contribution is 2.30. The van der Waals surface area contributed by atoms with Gasteiger partial charge in [-0.3, -0.25) is 0 Å². The fraction of sp³-hybridized carbons (Fsp3) is 0.650. The molecule has 5 nitrogen and oxygen atoms in total. The van der Waals surface area contributed by atoms with Gasteiger partial charge in [0.15, 0.2) is 5.96 Å². The van der Waals surface area contributed by atoms with Crippen LogP contribution in [0, 0.1) is 12.8 Å². The minimum Gasteiger partial charge on any atom is -0.493 e.